The molecule has 3 aromatic rings. The van der Waals surface area contributed by atoms with E-state index in [4.69, 9.17) is 0 Å². The van der Waals surface area contributed by atoms with Crippen LogP contribution in [0.1, 0.15) is 25.3 Å². The Hall–Kier alpha value is -3.60. The zero-order valence-electron chi connectivity index (χ0n) is 15.1. The highest BCUT2D eigenvalue weighted by Gasteiger charge is 2.24. The molecule has 136 valence electrons. The maximum Gasteiger partial charge on any atom is 0.231 e. The first kappa shape index (κ1) is 16.8. The minimum absolute atomic E-state index is 0.0275. The van der Waals surface area contributed by atoms with E-state index in [1.807, 2.05) is 24.3 Å². The van der Waals surface area contributed by atoms with Crippen LogP contribution in [0.5, 0.6) is 0 Å². The average Bonchev–Trinajstić information content (AvgIpc) is 3.38. The molecular formula is C19H19N7O. The monoisotopic (exact) mass is 361 g/mol. The predicted octanol–water partition coefficient (Wildman–Crippen LogP) is 3.13. The van der Waals surface area contributed by atoms with Gasteiger partial charge in [0.25, 0.3) is 0 Å². The lowest BCUT2D eigenvalue weighted by atomic mass is 10.2. The summed E-state index contributed by atoms with van der Waals surface area (Å²) < 4.78 is 0. The first-order valence-electron chi connectivity index (χ1n) is 8.72. The molecule has 0 spiro atoms. The number of rotatable bonds is 5. The fourth-order valence-corrected chi connectivity index (χ4v) is 2.78. The summed E-state index contributed by atoms with van der Waals surface area (Å²) in [6, 6.07) is 10.0. The van der Waals surface area contributed by atoms with Crippen molar-refractivity contribution in [1.82, 2.24) is 15.0 Å². The number of aromatic nitrogens is 3. The lowest BCUT2D eigenvalue weighted by Gasteiger charge is -2.15. The van der Waals surface area contributed by atoms with Crippen LogP contribution in [-0.2, 0) is 4.79 Å². The summed E-state index contributed by atoms with van der Waals surface area (Å²) in [5.41, 5.74) is 2.75. The molecule has 3 N–H and O–H groups in total. The summed E-state index contributed by atoms with van der Waals surface area (Å²) in [4.78, 5) is 25.1. The predicted molar refractivity (Wildman–Crippen MR) is 104 cm³/mol. The van der Waals surface area contributed by atoms with E-state index >= 15 is 0 Å². The second-order valence-electron chi connectivity index (χ2n) is 6.60. The van der Waals surface area contributed by atoms with E-state index in [1.54, 1.807) is 18.1 Å². The smallest absolute Gasteiger partial charge is 0.231 e. The minimum atomic E-state index is -0.0275. The third-order valence-corrected chi connectivity index (χ3v) is 4.55. The van der Waals surface area contributed by atoms with E-state index in [0.29, 0.717) is 34.4 Å². The Morgan fingerprint density at radius 2 is 2.04 bits per heavy atom. The number of fused-ring (bicyclic) bond motifs is 1. The number of hydrogen-bond acceptors (Lipinski definition) is 6. The zero-order valence-corrected chi connectivity index (χ0v) is 15.1. The molecule has 1 aliphatic carbocycles. The highest BCUT2D eigenvalue weighted by atomic mass is 16.2. The summed E-state index contributed by atoms with van der Waals surface area (Å²) in [5.74, 6) is 1.07. The van der Waals surface area contributed by atoms with E-state index in [-0.39, 0.29) is 5.91 Å². The standard InChI is InChI=1S/C19H19N7O/c1-11(27)26(2)15-7-5-14(6-8-15)23-19-24-17-16(12(9-20)10-21-17)18(25-19)22-13-3-4-13/h5-8,10,13H,3-4H2,1-2H3,(H3,21,22,23,24,25). The van der Waals surface area contributed by atoms with E-state index in [9.17, 15) is 10.1 Å². The molecule has 8 nitrogen and oxygen atoms in total. The summed E-state index contributed by atoms with van der Waals surface area (Å²) in [7, 11) is 1.73. The molecule has 2 heterocycles. The molecule has 0 unspecified atom stereocenters. The molecule has 0 radical (unpaired) electrons. The number of anilines is 4. The van der Waals surface area contributed by atoms with Gasteiger partial charge in [-0.3, -0.25) is 4.79 Å². The lowest BCUT2D eigenvalue weighted by Crippen LogP contribution is -2.22. The van der Waals surface area contributed by atoms with Gasteiger partial charge in [-0.15, -0.1) is 0 Å². The molecule has 2 aromatic heterocycles. The van der Waals surface area contributed by atoms with Crippen LogP contribution >= 0.6 is 0 Å². The molecule has 0 saturated heterocycles. The Bertz CT molecular complexity index is 1040. The van der Waals surface area contributed by atoms with Crippen molar-refractivity contribution in [1.29, 1.82) is 5.26 Å². The fraction of sp³-hybridized carbons (Fsp3) is 0.263. The number of hydrogen-bond donors (Lipinski definition) is 3. The van der Waals surface area contributed by atoms with Gasteiger partial charge in [0.05, 0.1) is 10.9 Å². The maximum atomic E-state index is 11.5. The molecule has 4 rings (SSSR count). The van der Waals surface area contributed by atoms with Crippen LogP contribution in [0.3, 0.4) is 0 Å². The zero-order chi connectivity index (χ0) is 19.0. The Labute approximate surface area is 156 Å². The van der Waals surface area contributed by atoms with Crippen molar-refractivity contribution in [2.75, 3.05) is 22.6 Å². The summed E-state index contributed by atoms with van der Waals surface area (Å²) in [6.45, 7) is 1.52. The largest absolute Gasteiger partial charge is 0.367 e. The number of aromatic amines is 1. The topological polar surface area (TPSA) is 110 Å². The number of benzene rings is 1. The van der Waals surface area contributed by atoms with Crippen LogP contribution in [0.25, 0.3) is 11.0 Å². The van der Waals surface area contributed by atoms with Crippen molar-refractivity contribution in [2.24, 2.45) is 0 Å². The Kier molecular flexibility index (Phi) is 4.12. The third kappa shape index (κ3) is 3.40. The molecule has 1 fully saturated rings. The number of nitriles is 1. The summed E-state index contributed by atoms with van der Waals surface area (Å²) in [6.07, 6.45) is 3.85. The van der Waals surface area contributed by atoms with Crippen LogP contribution in [-0.4, -0.2) is 33.9 Å². The van der Waals surface area contributed by atoms with E-state index < -0.39 is 0 Å². The molecular weight excluding hydrogens is 342 g/mol. The summed E-state index contributed by atoms with van der Waals surface area (Å²) in [5, 5.41) is 16.6. The fourth-order valence-electron chi connectivity index (χ4n) is 2.78. The Morgan fingerprint density at radius 1 is 1.30 bits per heavy atom. The van der Waals surface area contributed by atoms with Crippen LogP contribution in [0.15, 0.2) is 30.5 Å². The van der Waals surface area contributed by atoms with Gasteiger partial charge in [0.1, 0.15) is 17.5 Å². The highest BCUT2D eigenvalue weighted by molar-refractivity contribution is 5.94. The lowest BCUT2D eigenvalue weighted by molar-refractivity contribution is -0.116. The van der Waals surface area contributed by atoms with Gasteiger partial charge in [-0.05, 0) is 37.1 Å². The molecule has 8 heteroatoms. The molecule has 1 aliphatic rings. The van der Waals surface area contributed by atoms with Gasteiger partial charge in [-0.1, -0.05) is 0 Å². The molecule has 1 saturated carbocycles. The van der Waals surface area contributed by atoms with Gasteiger partial charge < -0.3 is 20.5 Å². The third-order valence-electron chi connectivity index (χ3n) is 4.55. The maximum absolute atomic E-state index is 11.5. The highest BCUT2D eigenvalue weighted by Crippen LogP contribution is 2.31. The Morgan fingerprint density at radius 3 is 2.67 bits per heavy atom. The Balaban J connectivity index is 1.64. The number of carbonyl (C=O) groups is 1. The van der Waals surface area contributed by atoms with Crippen LogP contribution in [0, 0.1) is 11.3 Å². The molecule has 0 aliphatic heterocycles. The molecule has 0 bridgehead atoms. The van der Waals surface area contributed by atoms with E-state index in [0.717, 1.165) is 24.2 Å². The first-order chi connectivity index (χ1) is 13.0. The van der Waals surface area contributed by atoms with Gasteiger partial charge >= 0.3 is 0 Å². The van der Waals surface area contributed by atoms with Crippen LogP contribution in [0.4, 0.5) is 23.1 Å². The van der Waals surface area contributed by atoms with Gasteiger partial charge in [0.2, 0.25) is 11.9 Å². The van der Waals surface area contributed by atoms with Crippen molar-refractivity contribution >= 4 is 40.1 Å². The summed E-state index contributed by atoms with van der Waals surface area (Å²) >= 11 is 0. The second-order valence-corrected chi connectivity index (χ2v) is 6.60. The number of carbonyl (C=O) groups excluding carboxylic acids is 1. The quantitative estimate of drug-likeness (QED) is 0.644. The van der Waals surface area contributed by atoms with Crippen molar-refractivity contribution in [2.45, 2.75) is 25.8 Å². The number of nitrogens with one attached hydrogen (secondary N) is 3. The van der Waals surface area contributed by atoms with Crippen LogP contribution in [0.2, 0.25) is 0 Å². The van der Waals surface area contributed by atoms with E-state index in [1.165, 1.54) is 6.92 Å². The molecule has 1 aromatic carbocycles. The molecule has 1 amide bonds. The average molecular weight is 361 g/mol. The molecule has 27 heavy (non-hydrogen) atoms. The van der Waals surface area contributed by atoms with Crippen molar-refractivity contribution in [3.8, 4) is 6.07 Å². The SMILES string of the molecule is CC(=O)N(C)c1ccc(Nc2nc(NC3CC3)c3c(C#N)c[nH]c3n2)cc1. The van der Waals surface area contributed by atoms with Gasteiger partial charge in [-0.2, -0.15) is 15.2 Å². The first-order valence-corrected chi connectivity index (χ1v) is 8.72. The minimum Gasteiger partial charge on any atom is -0.367 e. The van der Waals surface area contributed by atoms with Gasteiger partial charge in [0.15, 0.2) is 0 Å². The van der Waals surface area contributed by atoms with E-state index in [2.05, 4.69) is 31.7 Å². The second kappa shape index (κ2) is 6.61. The van der Waals surface area contributed by atoms with Gasteiger partial charge in [-0.25, -0.2) is 0 Å². The normalized spacial score (nSPS) is 13.2. The number of H-pyrrole nitrogens is 1. The number of amides is 1. The van der Waals surface area contributed by atoms with Crippen molar-refractivity contribution < 1.29 is 4.79 Å². The molecule has 0 atom stereocenters. The van der Waals surface area contributed by atoms with Gasteiger partial charge in [0, 0.05) is 37.6 Å². The van der Waals surface area contributed by atoms with Crippen molar-refractivity contribution in [3.63, 3.8) is 0 Å². The number of nitrogens with zero attached hydrogens (tertiary/aromatic N) is 4. The van der Waals surface area contributed by atoms with Crippen molar-refractivity contribution in [3.05, 3.63) is 36.0 Å². The van der Waals surface area contributed by atoms with Crippen LogP contribution < -0.4 is 15.5 Å².